The molecule has 0 amide bonds. The molecule has 0 aliphatic rings. The maximum absolute atomic E-state index is 9.24. The molecule has 0 atom stereocenters. The Morgan fingerprint density at radius 1 is 1.25 bits per heavy atom. The van der Waals surface area contributed by atoms with Gasteiger partial charge in [0, 0.05) is 13.1 Å². The molecule has 0 saturated carbocycles. The monoisotopic (exact) mass is 274 g/mol. The molecule has 0 unspecified atom stereocenters. The van der Waals surface area contributed by atoms with Crippen molar-refractivity contribution in [1.82, 2.24) is 9.97 Å². The van der Waals surface area contributed by atoms with Crippen LogP contribution in [0.2, 0.25) is 0 Å². The zero-order chi connectivity index (χ0) is 14.4. The van der Waals surface area contributed by atoms with Crippen LogP contribution in [0.1, 0.15) is 5.56 Å². The van der Waals surface area contributed by atoms with Crippen molar-refractivity contribution in [2.24, 2.45) is 0 Å². The summed E-state index contributed by atoms with van der Waals surface area (Å²) in [5, 5.41) is 9.24. The van der Waals surface area contributed by atoms with E-state index < -0.39 is 0 Å². The molecule has 1 aromatic carbocycles. The molecular formula is C14H18N4O2. The Kier molecular flexibility index (Phi) is 4.73. The van der Waals surface area contributed by atoms with Crippen LogP contribution in [0, 0.1) is 0 Å². The summed E-state index contributed by atoms with van der Waals surface area (Å²) in [6.07, 6.45) is 1.40. The predicted octanol–water partition coefficient (Wildman–Crippen LogP) is 1.07. The lowest BCUT2D eigenvalue weighted by Crippen LogP contribution is -2.28. The first-order chi connectivity index (χ1) is 9.76. The molecule has 0 radical (unpaired) electrons. The number of aromatic nitrogens is 2. The van der Waals surface area contributed by atoms with Crippen LogP contribution in [0.15, 0.2) is 36.7 Å². The SMILES string of the molecule is COc1ncnc(N(CCO)Cc2ccccc2)c1N. The van der Waals surface area contributed by atoms with Gasteiger partial charge in [0.15, 0.2) is 5.82 Å². The quantitative estimate of drug-likeness (QED) is 0.819. The first-order valence-corrected chi connectivity index (χ1v) is 6.30. The normalized spacial score (nSPS) is 10.3. The molecule has 1 heterocycles. The number of hydrogen-bond donors (Lipinski definition) is 2. The van der Waals surface area contributed by atoms with Gasteiger partial charge in [0.1, 0.15) is 12.0 Å². The number of rotatable bonds is 6. The molecule has 1 aromatic heterocycles. The Morgan fingerprint density at radius 2 is 2.00 bits per heavy atom. The molecule has 0 aliphatic heterocycles. The molecule has 20 heavy (non-hydrogen) atoms. The van der Waals surface area contributed by atoms with E-state index in [0.717, 1.165) is 5.56 Å². The zero-order valence-electron chi connectivity index (χ0n) is 11.4. The summed E-state index contributed by atoms with van der Waals surface area (Å²) < 4.78 is 5.10. The Bertz CT molecular complexity index is 548. The smallest absolute Gasteiger partial charge is 0.242 e. The third kappa shape index (κ3) is 3.16. The van der Waals surface area contributed by atoms with Gasteiger partial charge in [0.25, 0.3) is 0 Å². The van der Waals surface area contributed by atoms with E-state index in [-0.39, 0.29) is 6.61 Å². The van der Waals surface area contributed by atoms with Gasteiger partial charge in [-0.2, -0.15) is 4.98 Å². The summed E-state index contributed by atoms with van der Waals surface area (Å²) in [5.41, 5.74) is 7.49. The van der Waals surface area contributed by atoms with E-state index in [1.165, 1.54) is 13.4 Å². The van der Waals surface area contributed by atoms with Crippen LogP contribution in [-0.4, -0.2) is 35.3 Å². The van der Waals surface area contributed by atoms with Gasteiger partial charge in [0.05, 0.1) is 13.7 Å². The van der Waals surface area contributed by atoms with E-state index in [2.05, 4.69) is 9.97 Å². The first-order valence-electron chi connectivity index (χ1n) is 6.30. The van der Waals surface area contributed by atoms with E-state index in [0.29, 0.717) is 30.5 Å². The number of nitrogens with zero attached hydrogens (tertiary/aromatic N) is 3. The van der Waals surface area contributed by atoms with Crippen molar-refractivity contribution < 1.29 is 9.84 Å². The maximum atomic E-state index is 9.24. The van der Waals surface area contributed by atoms with Crippen molar-refractivity contribution in [1.29, 1.82) is 0 Å². The largest absolute Gasteiger partial charge is 0.479 e. The molecule has 106 valence electrons. The van der Waals surface area contributed by atoms with Gasteiger partial charge in [-0.1, -0.05) is 30.3 Å². The molecule has 2 aromatic rings. The van der Waals surface area contributed by atoms with Crippen LogP contribution in [-0.2, 0) is 6.54 Å². The number of ether oxygens (including phenoxy) is 1. The minimum Gasteiger partial charge on any atom is -0.479 e. The summed E-state index contributed by atoms with van der Waals surface area (Å²) in [4.78, 5) is 10.1. The topological polar surface area (TPSA) is 84.5 Å². The Hall–Kier alpha value is -2.34. The highest BCUT2D eigenvalue weighted by Gasteiger charge is 2.15. The average Bonchev–Trinajstić information content (AvgIpc) is 2.48. The number of hydrogen-bond acceptors (Lipinski definition) is 6. The van der Waals surface area contributed by atoms with Crippen LogP contribution >= 0.6 is 0 Å². The zero-order valence-corrected chi connectivity index (χ0v) is 11.4. The van der Waals surface area contributed by atoms with Crippen molar-refractivity contribution in [2.75, 3.05) is 30.9 Å². The molecule has 6 nitrogen and oxygen atoms in total. The third-order valence-electron chi connectivity index (χ3n) is 2.91. The van der Waals surface area contributed by atoms with Gasteiger partial charge < -0.3 is 20.5 Å². The molecule has 2 rings (SSSR count). The minimum absolute atomic E-state index is 0.0125. The van der Waals surface area contributed by atoms with Gasteiger partial charge in [-0.15, -0.1) is 0 Å². The minimum atomic E-state index is 0.0125. The van der Waals surface area contributed by atoms with Crippen LogP contribution < -0.4 is 15.4 Å². The van der Waals surface area contributed by atoms with Crippen LogP contribution in [0.3, 0.4) is 0 Å². The number of aliphatic hydroxyl groups is 1. The third-order valence-corrected chi connectivity index (χ3v) is 2.91. The van der Waals surface area contributed by atoms with Gasteiger partial charge in [-0.3, -0.25) is 0 Å². The van der Waals surface area contributed by atoms with Gasteiger partial charge >= 0.3 is 0 Å². The molecule has 0 spiro atoms. The van der Waals surface area contributed by atoms with Crippen LogP contribution in [0.25, 0.3) is 0 Å². The fourth-order valence-electron chi connectivity index (χ4n) is 1.97. The van der Waals surface area contributed by atoms with E-state index in [1.54, 1.807) is 0 Å². The van der Waals surface area contributed by atoms with E-state index in [9.17, 15) is 5.11 Å². The molecule has 3 N–H and O–H groups in total. The van der Waals surface area contributed by atoms with Gasteiger partial charge in [0.2, 0.25) is 5.88 Å². The lowest BCUT2D eigenvalue weighted by molar-refractivity contribution is 0.301. The number of aliphatic hydroxyl groups excluding tert-OH is 1. The molecular weight excluding hydrogens is 256 g/mol. The number of nitrogens with two attached hydrogens (primary N) is 1. The van der Waals surface area contributed by atoms with Crippen molar-refractivity contribution in [3.63, 3.8) is 0 Å². The highest BCUT2D eigenvalue weighted by atomic mass is 16.5. The Balaban J connectivity index is 2.29. The second-order valence-corrected chi connectivity index (χ2v) is 4.25. The number of anilines is 2. The summed E-state index contributed by atoms with van der Waals surface area (Å²) in [5.74, 6) is 0.903. The number of nitrogen functional groups attached to an aromatic ring is 1. The summed E-state index contributed by atoms with van der Waals surface area (Å²) in [6.45, 7) is 1.05. The Labute approximate surface area is 117 Å². The predicted molar refractivity (Wildman–Crippen MR) is 77.6 cm³/mol. The molecule has 0 fully saturated rings. The first kappa shape index (κ1) is 14.1. The van der Waals surface area contributed by atoms with Crippen LogP contribution in [0.4, 0.5) is 11.5 Å². The number of benzene rings is 1. The van der Waals surface area contributed by atoms with Crippen LogP contribution in [0.5, 0.6) is 5.88 Å². The lowest BCUT2D eigenvalue weighted by atomic mass is 10.2. The lowest BCUT2D eigenvalue weighted by Gasteiger charge is -2.24. The Morgan fingerprint density at radius 3 is 2.65 bits per heavy atom. The highest BCUT2D eigenvalue weighted by molar-refractivity contribution is 5.67. The summed E-state index contributed by atoms with van der Waals surface area (Å²) in [6, 6.07) is 9.92. The van der Waals surface area contributed by atoms with Crippen molar-refractivity contribution in [2.45, 2.75) is 6.54 Å². The standard InChI is InChI=1S/C14H18N4O2/c1-20-14-12(15)13(16-10-17-14)18(7-8-19)9-11-5-3-2-4-6-11/h2-6,10,19H,7-9,15H2,1H3. The fraction of sp³-hybridized carbons (Fsp3) is 0.286. The van der Waals surface area contributed by atoms with E-state index in [1.807, 2.05) is 35.2 Å². The second kappa shape index (κ2) is 6.72. The highest BCUT2D eigenvalue weighted by Crippen LogP contribution is 2.28. The maximum Gasteiger partial charge on any atom is 0.242 e. The average molecular weight is 274 g/mol. The second-order valence-electron chi connectivity index (χ2n) is 4.25. The summed E-state index contributed by atoms with van der Waals surface area (Å²) in [7, 11) is 1.51. The van der Waals surface area contributed by atoms with Crippen molar-refractivity contribution in [3.05, 3.63) is 42.2 Å². The van der Waals surface area contributed by atoms with E-state index in [4.69, 9.17) is 10.5 Å². The molecule has 0 bridgehead atoms. The van der Waals surface area contributed by atoms with E-state index >= 15 is 0 Å². The van der Waals surface area contributed by atoms with Gasteiger partial charge in [-0.05, 0) is 5.56 Å². The van der Waals surface area contributed by atoms with Crippen molar-refractivity contribution >= 4 is 11.5 Å². The van der Waals surface area contributed by atoms with Crippen molar-refractivity contribution in [3.8, 4) is 5.88 Å². The molecule has 0 aliphatic carbocycles. The number of methoxy groups -OCH3 is 1. The molecule has 6 heteroatoms. The summed E-state index contributed by atoms with van der Waals surface area (Å²) >= 11 is 0. The fourth-order valence-corrected chi connectivity index (χ4v) is 1.97. The molecule has 0 saturated heterocycles. The van der Waals surface area contributed by atoms with Gasteiger partial charge in [-0.25, -0.2) is 4.98 Å².